The highest BCUT2D eigenvalue weighted by Gasteiger charge is 2.19. The normalized spacial score (nSPS) is 10.5. The Morgan fingerprint density at radius 1 is 1.08 bits per heavy atom. The van der Waals surface area contributed by atoms with E-state index in [9.17, 15) is 0 Å². The third-order valence-corrected chi connectivity index (χ3v) is 1.54. The van der Waals surface area contributed by atoms with Crippen molar-refractivity contribution in [1.82, 2.24) is 4.90 Å². The lowest BCUT2D eigenvalue weighted by Crippen LogP contribution is -2.41. The maximum Gasteiger partial charge on any atom is 0.0779 e. The highest BCUT2D eigenvalue weighted by Crippen LogP contribution is 2.12. The topological polar surface area (TPSA) is 101 Å². The average Bonchev–Trinajstić information content (AvgIpc) is 2.02. The summed E-state index contributed by atoms with van der Waals surface area (Å²) in [7, 11) is 0. The number of nitrogens with zero attached hydrogens (tertiary/aromatic N) is 7. The molecule has 0 radical (unpaired) electrons. The molecule has 0 N–H and O–H groups in total. The lowest BCUT2D eigenvalue weighted by molar-refractivity contribution is 0.145. The minimum absolute atomic E-state index is 0.178. The van der Waals surface area contributed by atoms with E-state index in [4.69, 9.17) is 11.1 Å². The van der Waals surface area contributed by atoms with Gasteiger partial charge in [0.05, 0.1) is 13.3 Å². The van der Waals surface area contributed by atoms with Gasteiger partial charge in [0.1, 0.15) is 0 Å². The third-order valence-electron chi connectivity index (χ3n) is 1.54. The molecule has 7 heteroatoms. The average molecular weight is 183 g/mol. The summed E-state index contributed by atoms with van der Waals surface area (Å²) in [5.74, 6) is 0. The maximum absolute atomic E-state index is 8.13. The van der Waals surface area contributed by atoms with Crippen LogP contribution in [0, 0.1) is 0 Å². The van der Waals surface area contributed by atoms with Crippen LogP contribution in [0.3, 0.4) is 0 Å². The van der Waals surface area contributed by atoms with Crippen molar-refractivity contribution in [2.24, 2.45) is 10.2 Å². The molecular formula is C6H13N7. The second-order valence-corrected chi connectivity index (χ2v) is 3.46. The Kier molecular flexibility index (Phi) is 4.69. The summed E-state index contributed by atoms with van der Waals surface area (Å²) in [5, 5.41) is 6.83. The van der Waals surface area contributed by atoms with Crippen molar-refractivity contribution in [1.29, 1.82) is 0 Å². The van der Waals surface area contributed by atoms with Gasteiger partial charge in [-0.3, -0.25) is 4.90 Å². The van der Waals surface area contributed by atoms with Crippen molar-refractivity contribution in [2.45, 2.75) is 26.3 Å². The molecule has 0 unspecified atom stereocenters. The third kappa shape index (κ3) is 4.92. The number of rotatable bonds is 4. The Morgan fingerprint density at radius 3 is 1.69 bits per heavy atom. The molecule has 0 rings (SSSR count). The van der Waals surface area contributed by atoms with Gasteiger partial charge in [-0.15, -0.1) is 0 Å². The molecule has 0 fully saturated rings. The van der Waals surface area contributed by atoms with Crippen LogP contribution in [0.2, 0.25) is 0 Å². The SMILES string of the molecule is CC(C)(C)N(CN=[N+]=[N-])CN=[N+]=[N-]. The van der Waals surface area contributed by atoms with E-state index in [0.29, 0.717) is 0 Å². The summed E-state index contributed by atoms with van der Waals surface area (Å²) in [6.07, 6.45) is 0. The Labute approximate surface area is 76.6 Å². The van der Waals surface area contributed by atoms with Crippen molar-refractivity contribution >= 4 is 0 Å². The molecule has 0 aliphatic heterocycles. The van der Waals surface area contributed by atoms with Gasteiger partial charge in [-0.25, -0.2) is 0 Å². The van der Waals surface area contributed by atoms with E-state index in [1.54, 1.807) is 4.90 Å². The zero-order chi connectivity index (χ0) is 10.3. The second kappa shape index (κ2) is 5.27. The summed E-state index contributed by atoms with van der Waals surface area (Å²) in [6.45, 7) is 6.27. The van der Waals surface area contributed by atoms with Crippen LogP contribution in [-0.2, 0) is 0 Å². The Hall–Kier alpha value is -1.42. The first kappa shape index (κ1) is 11.6. The molecule has 0 spiro atoms. The van der Waals surface area contributed by atoms with E-state index in [2.05, 4.69) is 20.1 Å². The van der Waals surface area contributed by atoms with Crippen LogP contribution >= 0.6 is 0 Å². The predicted octanol–water partition coefficient (Wildman–Crippen LogP) is 2.62. The molecule has 0 aromatic carbocycles. The first-order valence-electron chi connectivity index (χ1n) is 3.79. The van der Waals surface area contributed by atoms with Gasteiger partial charge in [0.2, 0.25) is 0 Å². The molecule has 0 heterocycles. The largest absolute Gasteiger partial charge is 0.287 e. The van der Waals surface area contributed by atoms with Crippen molar-refractivity contribution < 1.29 is 0 Å². The minimum Gasteiger partial charge on any atom is -0.287 e. The highest BCUT2D eigenvalue weighted by molar-refractivity contribution is 4.74. The van der Waals surface area contributed by atoms with E-state index in [-0.39, 0.29) is 18.9 Å². The van der Waals surface area contributed by atoms with E-state index in [0.717, 1.165) is 0 Å². The predicted molar refractivity (Wildman–Crippen MR) is 49.6 cm³/mol. The number of hydrogen-bond acceptors (Lipinski definition) is 3. The molecule has 72 valence electrons. The lowest BCUT2D eigenvalue weighted by Gasteiger charge is -2.32. The van der Waals surface area contributed by atoms with Gasteiger partial charge >= 0.3 is 0 Å². The van der Waals surface area contributed by atoms with Gasteiger partial charge in [-0.05, 0) is 31.8 Å². The monoisotopic (exact) mass is 183 g/mol. The Balaban J connectivity index is 4.35. The number of azide groups is 2. The summed E-state index contributed by atoms with van der Waals surface area (Å²) >= 11 is 0. The maximum atomic E-state index is 8.13. The van der Waals surface area contributed by atoms with Gasteiger partial charge in [-0.1, -0.05) is 10.2 Å². The van der Waals surface area contributed by atoms with Crippen LogP contribution in [0.5, 0.6) is 0 Å². The van der Waals surface area contributed by atoms with E-state index in [1.807, 2.05) is 20.8 Å². The molecule has 0 aromatic rings. The quantitative estimate of drug-likeness (QED) is 0.373. The van der Waals surface area contributed by atoms with Gasteiger partial charge in [0.15, 0.2) is 0 Å². The van der Waals surface area contributed by atoms with Gasteiger partial charge in [0.25, 0.3) is 0 Å². The van der Waals surface area contributed by atoms with E-state index < -0.39 is 0 Å². The van der Waals surface area contributed by atoms with Gasteiger partial charge in [-0.2, -0.15) is 0 Å². The van der Waals surface area contributed by atoms with Crippen LogP contribution in [0.15, 0.2) is 10.2 Å². The molecule has 0 aliphatic carbocycles. The lowest BCUT2D eigenvalue weighted by atomic mass is 10.1. The molecule has 0 atom stereocenters. The molecule has 0 saturated carbocycles. The van der Waals surface area contributed by atoms with E-state index >= 15 is 0 Å². The van der Waals surface area contributed by atoms with Crippen molar-refractivity contribution in [3.8, 4) is 0 Å². The van der Waals surface area contributed by atoms with Crippen LogP contribution in [0.1, 0.15) is 20.8 Å². The van der Waals surface area contributed by atoms with Gasteiger partial charge in [0, 0.05) is 15.4 Å². The Bertz CT molecular complexity index is 220. The van der Waals surface area contributed by atoms with Crippen molar-refractivity contribution in [3.05, 3.63) is 20.9 Å². The van der Waals surface area contributed by atoms with Crippen LogP contribution in [-0.4, -0.2) is 23.8 Å². The summed E-state index contributed by atoms with van der Waals surface area (Å²) in [5.41, 5.74) is 16.1. The molecular weight excluding hydrogens is 170 g/mol. The first-order chi connectivity index (χ1) is 6.02. The summed E-state index contributed by atoms with van der Waals surface area (Å²) in [4.78, 5) is 7.06. The molecule has 0 aromatic heterocycles. The van der Waals surface area contributed by atoms with Crippen molar-refractivity contribution in [2.75, 3.05) is 13.3 Å². The Morgan fingerprint density at radius 2 is 1.46 bits per heavy atom. The molecule has 7 nitrogen and oxygen atoms in total. The molecule has 13 heavy (non-hydrogen) atoms. The van der Waals surface area contributed by atoms with Crippen LogP contribution in [0.25, 0.3) is 20.9 Å². The fraction of sp³-hybridized carbons (Fsp3) is 1.00. The van der Waals surface area contributed by atoms with Crippen LogP contribution < -0.4 is 0 Å². The highest BCUT2D eigenvalue weighted by atomic mass is 15.4. The van der Waals surface area contributed by atoms with Crippen LogP contribution in [0.4, 0.5) is 0 Å². The van der Waals surface area contributed by atoms with Gasteiger partial charge < -0.3 is 0 Å². The molecule has 0 amide bonds. The van der Waals surface area contributed by atoms with E-state index in [1.165, 1.54) is 0 Å². The molecule has 0 saturated heterocycles. The fourth-order valence-electron chi connectivity index (χ4n) is 0.678. The van der Waals surface area contributed by atoms with Crippen molar-refractivity contribution in [3.63, 3.8) is 0 Å². The fourth-order valence-corrected chi connectivity index (χ4v) is 0.678. The number of hydrogen-bond donors (Lipinski definition) is 0. The summed E-state index contributed by atoms with van der Waals surface area (Å²) in [6, 6.07) is 0. The molecule has 0 aliphatic rings. The zero-order valence-electron chi connectivity index (χ0n) is 8.04. The second-order valence-electron chi connectivity index (χ2n) is 3.46. The minimum atomic E-state index is -0.178. The standard InChI is InChI=1S/C6H13N7/c1-6(2,3)13(4-9-11-7)5-10-12-8/h4-5H2,1-3H3. The zero-order valence-corrected chi connectivity index (χ0v) is 8.04. The molecule has 0 bridgehead atoms. The summed E-state index contributed by atoms with van der Waals surface area (Å²) < 4.78 is 0. The first-order valence-corrected chi connectivity index (χ1v) is 3.79. The smallest absolute Gasteiger partial charge is 0.0779 e.